The van der Waals surface area contributed by atoms with Crippen molar-refractivity contribution in [3.05, 3.63) is 121 Å². The number of allylic oxidation sites excluding steroid dienone is 4. The number of likely N-dealkylation sites (N-methyl/N-ethyl adjacent to an activating group) is 1. The molecule has 3 aromatic rings. The maximum atomic E-state index is 9.75. The Bertz CT molecular complexity index is 979. The van der Waals surface area contributed by atoms with Gasteiger partial charge in [0.1, 0.15) is 0 Å². The molecule has 0 saturated heterocycles. The van der Waals surface area contributed by atoms with Crippen LogP contribution in [0.15, 0.2) is 115 Å². The minimum atomic E-state index is -6.00. The zero-order valence-corrected chi connectivity index (χ0v) is 25.1. The minimum absolute atomic E-state index is 0. The summed E-state index contributed by atoms with van der Waals surface area (Å²) in [6.45, 7) is 2.29. The van der Waals surface area contributed by atoms with Gasteiger partial charge in [-0.3, -0.25) is 0 Å². The van der Waals surface area contributed by atoms with Crippen LogP contribution in [0.1, 0.15) is 43.8 Å². The van der Waals surface area contributed by atoms with Gasteiger partial charge in [-0.15, -0.1) is 0 Å². The van der Waals surface area contributed by atoms with Crippen LogP contribution in [0.2, 0.25) is 0 Å². The molecule has 0 heterocycles. The molecular formula is C30H36BF4IrNP-. The van der Waals surface area contributed by atoms with E-state index in [1.54, 1.807) is 0 Å². The first kappa shape index (κ1) is 34.0. The van der Waals surface area contributed by atoms with Crippen LogP contribution in [0.3, 0.4) is 0 Å². The Morgan fingerprint density at radius 3 is 1.26 bits per heavy atom. The zero-order valence-electron chi connectivity index (χ0n) is 21.8. The molecule has 38 heavy (non-hydrogen) atoms. The minimum Gasteiger partial charge on any atom is -0.418 e. The number of hydrogen-bond acceptors (Lipinski definition) is 1. The third kappa shape index (κ3) is 13.7. The van der Waals surface area contributed by atoms with Gasteiger partial charge in [-0.25, -0.2) is 0 Å². The number of nitrogens with one attached hydrogen (secondary N) is 1. The molecule has 2 atom stereocenters. The fourth-order valence-corrected chi connectivity index (χ4v) is 6.97. The first-order valence-corrected chi connectivity index (χ1v) is 14.0. The Morgan fingerprint density at radius 2 is 0.947 bits per heavy atom. The van der Waals surface area contributed by atoms with E-state index in [1.807, 2.05) is 0 Å². The summed E-state index contributed by atoms with van der Waals surface area (Å²) in [6, 6.07) is 33.2. The van der Waals surface area contributed by atoms with Gasteiger partial charge < -0.3 is 22.6 Å². The van der Waals surface area contributed by atoms with Crippen molar-refractivity contribution in [2.45, 2.75) is 44.3 Å². The van der Waals surface area contributed by atoms with E-state index in [2.05, 4.69) is 135 Å². The molecule has 0 unspecified atom stereocenters. The second-order valence-electron chi connectivity index (χ2n) is 8.57. The number of hydrogen-bond donors (Lipinski definition) is 1. The predicted octanol–water partition coefficient (Wildman–Crippen LogP) is 8.44. The topological polar surface area (TPSA) is 12.0 Å². The van der Waals surface area contributed by atoms with Crippen molar-refractivity contribution in [3.63, 3.8) is 0 Å². The monoisotopic (exact) mass is 721 g/mol. The second kappa shape index (κ2) is 19.1. The van der Waals surface area contributed by atoms with Crippen LogP contribution in [0.25, 0.3) is 0 Å². The molecule has 207 valence electrons. The Hall–Kier alpha value is -2.04. The summed E-state index contributed by atoms with van der Waals surface area (Å²) >= 11 is 0. The molecule has 0 aromatic heterocycles. The van der Waals surface area contributed by atoms with Crippen LogP contribution in [-0.4, -0.2) is 20.3 Å². The van der Waals surface area contributed by atoms with E-state index in [-0.39, 0.29) is 20.1 Å². The normalized spacial score (nSPS) is 16.1. The maximum Gasteiger partial charge on any atom is 0.673 e. The molecule has 1 aliphatic rings. The zero-order chi connectivity index (χ0) is 26.9. The third-order valence-corrected chi connectivity index (χ3v) is 8.76. The Kier molecular flexibility index (Phi) is 17.1. The predicted molar refractivity (Wildman–Crippen MR) is 154 cm³/mol. The molecule has 1 nitrogen and oxygen atoms in total. The summed E-state index contributed by atoms with van der Waals surface area (Å²) in [7, 11) is -4.44. The van der Waals surface area contributed by atoms with E-state index in [4.69, 9.17) is 0 Å². The molecule has 0 saturated carbocycles. The number of benzene rings is 3. The van der Waals surface area contributed by atoms with Crippen molar-refractivity contribution in [3.8, 4) is 0 Å². The Morgan fingerprint density at radius 1 is 0.632 bits per heavy atom. The van der Waals surface area contributed by atoms with Gasteiger partial charge in [0.05, 0.1) is 0 Å². The molecule has 0 fully saturated rings. The molecule has 0 amide bonds. The fraction of sp³-hybridized carbons (Fsp3) is 0.267. The van der Waals surface area contributed by atoms with Gasteiger partial charge in [0, 0.05) is 31.8 Å². The fourth-order valence-electron chi connectivity index (χ4n) is 3.97. The first-order valence-electron chi connectivity index (χ1n) is 12.6. The first-order chi connectivity index (χ1) is 17.8. The Balaban J connectivity index is 0.000000427. The number of rotatable bonds is 6. The molecule has 1 N–H and O–H groups in total. The Labute approximate surface area is 240 Å². The molecule has 0 spiro atoms. The van der Waals surface area contributed by atoms with E-state index in [9.17, 15) is 17.3 Å². The van der Waals surface area contributed by atoms with Crippen LogP contribution in [-0.2, 0) is 20.1 Å². The van der Waals surface area contributed by atoms with Crippen LogP contribution in [0, 0.1) is 0 Å². The molecule has 3 aromatic carbocycles. The van der Waals surface area contributed by atoms with E-state index < -0.39 is 15.2 Å². The van der Waals surface area contributed by atoms with Gasteiger partial charge in [-0.05, 0) is 63.7 Å². The van der Waals surface area contributed by atoms with Crippen LogP contribution in [0.4, 0.5) is 17.3 Å². The molecular weight excluding hydrogens is 684 g/mol. The average Bonchev–Trinajstić information content (AvgIpc) is 2.87. The summed E-state index contributed by atoms with van der Waals surface area (Å²) in [5.41, 5.74) is 1.83. The van der Waals surface area contributed by atoms with Gasteiger partial charge in [-0.1, -0.05) is 115 Å². The largest absolute Gasteiger partial charge is 0.673 e. The standard InChI is InChI=1S/C22H24NP.C8H12.BF4.Ir/c1-18(23-2)22(19-12-6-3-7-13-19)24(20-14-8-4-9-15-20)21-16-10-5-11-17-21;1-2-4-6-8-7-5-3-1;2-1(3,4)5;/h3-18,22-23H,1-2H3;1-2,7-8H,3-6H2;;/q;;-1;/b;2-1-,8-7-;;/t18-,22+;;;/m1.../s1. The van der Waals surface area contributed by atoms with Crippen molar-refractivity contribution in [1.29, 1.82) is 0 Å². The van der Waals surface area contributed by atoms with Crippen LogP contribution < -0.4 is 15.9 Å². The molecule has 1 radical (unpaired) electrons. The van der Waals surface area contributed by atoms with E-state index in [1.165, 1.54) is 41.9 Å². The third-order valence-electron chi connectivity index (χ3n) is 5.75. The van der Waals surface area contributed by atoms with E-state index >= 15 is 0 Å². The van der Waals surface area contributed by atoms with Gasteiger partial charge in [0.15, 0.2) is 0 Å². The van der Waals surface area contributed by atoms with Gasteiger partial charge in [-0.2, -0.15) is 0 Å². The van der Waals surface area contributed by atoms with Crippen molar-refractivity contribution in [1.82, 2.24) is 5.32 Å². The van der Waals surface area contributed by atoms with Crippen LogP contribution in [0.5, 0.6) is 0 Å². The van der Waals surface area contributed by atoms with Gasteiger partial charge >= 0.3 is 7.25 Å². The number of halogens is 4. The quantitative estimate of drug-likeness (QED) is 0.117. The summed E-state index contributed by atoms with van der Waals surface area (Å²) in [6.07, 6.45) is 14.0. The summed E-state index contributed by atoms with van der Waals surface area (Å²) < 4.78 is 39.0. The van der Waals surface area contributed by atoms with Crippen molar-refractivity contribution in [2.75, 3.05) is 7.05 Å². The molecule has 8 heteroatoms. The molecule has 4 rings (SSSR count). The SMILES string of the molecule is C1=C\CC/C=C\CC/1.CN[C@H](C)[C@@H](c1ccccc1)P(c1ccccc1)c1ccccc1.F[B-](F)(F)F.[Ir]. The van der Waals surface area contributed by atoms with Crippen molar-refractivity contribution < 1.29 is 37.4 Å². The van der Waals surface area contributed by atoms with Crippen molar-refractivity contribution in [2.24, 2.45) is 0 Å². The average molecular weight is 721 g/mol. The van der Waals surface area contributed by atoms with E-state index in [0.29, 0.717) is 11.7 Å². The summed E-state index contributed by atoms with van der Waals surface area (Å²) in [5.74, 6) is 0. The second-order valence-corrected chi connectivity index (χ2v) is 10.9. The maximum absolute atomic E-state index is 9.75. The molecule has 1 aliphatic carbocycles. The molecule has 0 aliphatic heterocycles. The summed E-state index contributed by atoms with van der Waals surface area (Å²) in [5, 5.41) is 6.35. The smallest absolute Gasteiger partial charge is 0.418 e. The summed E-state index contributed by atoms with van der Waals surface area (Å²) in [4.78, 5) is 0. The van der Waals surface area contributed by atoms with Gasteiger partial charge in [0.25, 0.3) is 0 Å². The molecule has 0 bridgehead atoms. The van der Waals surface area contributed by atoms with Gasteiger partial charge in [0.2, 0.25) is 0 Å². The van der Waals surface area contributed by atoms with E-state index in [0.717, 1.165) is 0 Å². The van der Waals surface area contributed by atoms with Crippen LogP contribution >= 0.6 is 7.92 Å². The van der Waals surface area contributed by atoms with Crippen molar-refractivity contribution >= 4 is 25.8 Å².